The van der Waals surface area contributed by atoms with Crippen molar-refractivity contribution >= 4 is 11.7 Å². The number of hydrazine groups is 1. The SMILES string of the molecule is CC(CN1CCOCC1)NC(=O)NNc1ccc(OC(F)(F)F)cc1. The normalized spacial score (nSPS) is 16.8. The minimum atomic E-state index is -4.73. The fraction of sp³-hybridized carbons (Fsp3) is 0.533. The Morgan fingerprint density at radius 2 is 1.92 bits per heavy atom. The van der Waals surface area contributed by atoms with Crippen molar-refractivity contribution in [2.24, 2.45) is 0 Å². The highest BCUT2D eigenvalue weighted by Crippen LogP contribution is 2.23. The highest BCUT2D eigenvalue weighted by atomic mass is 19.4. The number of hydrogen-bond acceptors (Lipinski definition) is 5. The second kappa shape index (κ2) is 8.77. The molecule has 1 fully saturated rings. The quantitative estimate of drug-likeness (QED) is 0.675. The van der Waals surface area contributed by atoms with Gasteiger partial charge in [-0.2, -0.15) is 0 Å². The maximum absolute atomic E-state index is 12.1. The lowest BCUT2D eigenvalue weighted by molar-refractivity contribution is -0.274. The number of benzene rings is 1. The molecule has 1 unspecified atom stereocenters. The molecule has 25 heavy (non-hydrogen) atoms. The Morgan fingerprint density at radius 1 is 1.28 bits per heavy atom. The van der Waals surface area contributed by atoms with Crippen LogP contribution < -0.4 is 20.9 Å². The van der Waals surface area contributed by atoms with Gasteiger partial charge in [-0.1, -0.05) is 0 Å². The van der Waals surface area contributed by atoms with Crippen LogP contribution in [0.1, 0.15) is 6.92 Å². The maximum atomic E-state index is 12.1. The predicted octanol–water partition coefficient (Wildman–Crippen LogP) is 1.93. The third-order valence-corrected chi connectivity index (χ3v) is 3.42. The summed E-state index contributed by atoms with van der Waals surface area (Å²) in [4.78, 5) is 14.0. The van der Waals surface area contributed by atoms with Crippen LogP contribution in [0.3, 0.4) is 0 Å². The monoisotopic (exact) mass is 362 g/mol. The molecule has 0 spiro atoms. The van der Waals surface area contributed by atoms with Crippen LogP contribution in [0.5, 0.6) is 5.75 Å². The molecule has 2 amide bonds. The summed E-state index contributed by atoms with van der Waals surface area (Å²) < 4.78 is 45.2. The van der Waals surface area contributed by atoms with Crippen LogP contribution in [0.2, 0.25) is 0 Å². The first-order chi connectivity index (χ1) is 11.8. The minimum Gasteiger partial charge on any atom is -0.406 e. The van der Waals surface area contributed by atoms with Gasteiger partial charge in [0.05, 0.1) is 18.9 Å². The molecule has 1 aliphatic heterocycles. The Kier molecular flexibility index (Phi) is 6.71. The Labute approximate surface area is 143 Å². The van der Waals surface area contributed by atoms with E-state index in [0.29, 0.717) is 25.4 Å². The number of hydrogen-bond donors (Lipinski definition) is 3. The van der Waals surface area contributed by atoms with E-state index >= 15 is 0 Å². The van der Waals surface area contributed by atoms with E-state index in [1.54, 1.807) is 0 Å². The van der Waals surface area contributed by atoms with Gasteiger partial charge in [0.25, 0.3) is 0 Å². The zero-order valence-electron chi connectivity index (χ0n) is 13.7. The number of urea groups is 1. The molecule has 7 nitrogen and oxygen atoms in total. The molecule has 1 atom stereocenters. The smallest absolute Gasteiger partial charge is 0.406 e. The lowest BCUT2D eigenvalue weighted by atomic mass is 10.3. The Hall–Kier alpha value is -2.20. The molecule has 2 rings (SSSR count). The van der Waals surface area contributed by atoms with Crippen molar-refractivity contribution in [3.05, 3.63) is 24.3 Å². The first-order valence-electron chi connectivity index (χ1n) is 7.80. The zero-order chi connectivity index (χ0) is 18.3. The fourth-order valence-electron chi connectivity index (χ4n) is 2.35. The van der Waals surface area contributed by atoms with Crippen molar-refractivity contribution in [2.45, 2.75) is 19.3 Å². The molecule has 0 saturated carbocycles. The van der Waals surface area contributed by atoms with Crippen LogP contribution in [0.15, 0.2) is 24.3 Å². The molecule has 0 bridgehead atoms. The Balaban J connectivity index is 1.70. The van der Waals surface area contributed by atoms with Gasteiger partial charge in [0, 0.05) is 25.7 Å². The molecule has 0 aromatic heterocycles. The van der Waals surface area contributed by atoms with Gasteiger partial charge in [0.15, 0.2) is 0 Å². The number of alkyl halides is 3. The summed E-state index contributed by atoms with van der Waals surface area (Å²) in [6.45, 7) is 5.64. The number of rotatable bonds is 6. The van der Waals surface area contributed by atoms with Gasteiger partial charge in [0.1, 0.15) is 5.75 Å². The van der Waals surface area contributed by atoms with Crippen molar-refractivity contribution < 1.29 is 27.4 Å². The van der Waals surface area contributed by atoms with E-state index in [-0.39, 0.29) is 11.8 Å². The molecule has 1 aromatic rings. The molecule has 3 N–H and O–H groups in total. The van der Waals surface area contributed by atoms with E-state index in [0.717, 1.165) is 25.2 Å². The predicted molar refractivity (Wildman–Crippen MR) is 85.1 cm³/mol. The van der Waals surface area contributed by atoms with Crippen molar-refractivity contribution in [1.82, 2.24) is 15.6 Å². The first-order valence-corrected chi connectivity index (χ1v) is 7.80. The summed E-state index contributed by atoms with van der Waals surface area (Å²) in [7, 11) is 0. The largest absolute Gasteiger partial charge is 0.573 e. The summed E-state index contributed by atoms with van der Waals surface area (Å²) in [5.41, 5.74) is 5.46. The number of nitrogens with zero attached hydrogens (tertiary/aromatic N) is 1. The first kappa shape index (κ1) is 19.1. The van der Waals surface area contributed by atoms with E-state index in [1.807, 2.05) is 6.92 Å². The summed E-state index contributed by atoms with van der Waals surface area (Å²) >= 11 is 0. The van der Waals surface area contributed by atoms with Crippen LogP contribution in [0.4, 0.5) is 23.7 Å². The van der Waals surface area contributed by atoms with E-state index in [9.17, 15) is 18.0 Å². The van der Waals surface area contributed by atoms with Crippen LogP contribution in [0, 0.1) is 0 Å². The number of halogens is 3. The van der Waals surface area contributed by atoms with Crippen LogP contribution >= 0.6 is 0 Å². The Bertz CT molecular complexity index is 548. The summed E-state index contributed by atoms with van der Waals surface area (Å²) in [5.74, 6) is -0.332. The molecule has 10 heteroatoms. The molecule has 0 radical (unpaired) electrons. The van der Waals surface area contributed by atoms with Gasteiger partial charge in [-0.05, 0) is 31.2 Å². The number of nitrogens with one attached hydrogen (secondary N) is 3. The third-order valence-electron chi connectivity index (χ3n) is 3.42. The average Bonchev–Trinajstić information content (AvgIpc) is 2.53. The highest BCUT2D eigenvalue weighted by molar-refractivity contribution is 5.75. The molecular weight excluding hydrogens is 341 g/mol. The number of carbonyl (C=O) groups is 1. The van der Waals surface area contributed by atoms with Crippen molar-refractivity contribution in [1.29, 1.82) is 0 Å². The number of carbonyl (C=O) groups excluding carboxylic acids is 1. The topological polar surface area (TPSA) is 74.9 Å². The van der Waals surface area contributed by atoms with Gasteiger partial charge in [-0.3, -0.25) is 15.8 Å². The van der Waals surface area contributed by atoms with E-state index in [1.165, 1.54) is 12.1 Å². The lowest BCUT2D eigenvalue weighted by Gasteiger charge is -2.29. The zero-order valence-corrected chi connectivity index (χ0v) is 13.7. The van der Waals surface area contributed by atoms with Crippen molar-refractivity contribution in [2.75, 3.05) is 38.3 Å². The van der Waals surface area contributed by atoms with Crippen molar-refractivity contribution in [3.63, 3.8) is 0 Å². The highest BCUT2D eigenvalue weighted by Gasteiger charge is 2.30. The standard InChI is InChI=1S/C15H21F3N4O3/c1-11(10-22-6-8-24-9-7-22)19-14(23)21-20-12-2-4-13(5-3-12)25-15(16,17)18/h2-5,11,20H,6-10H2,1H3,(H2,19,21,23). The number of amides is 2. The number of anilines is 1. The van der Waals surface area contributed by atoms with Gasteiger partial charge < -0.3 is 14.8 Å². The molecule has 140 valence electrons. The van der Waals surface area contributed by atoms with Gasteiger partial charge in [-0.15, -0.1) is 13.2 Å². The molecular formula is C15H21F3N4O3. The lowest BCUT2D eigenvalue weighted by Crippen LogP contribution is -2.49. The molecule has 0 aliphatic carbocycles. The molecule has 1 heterocycles. The molecule has 1 aliphatic rings. The van der Waals surface area contributed by atoms with E-state index in [2.05, 4.69) is 25.8 Å². The molecule has 1 aromatic carbocycles. The summed E-state index contributed by atoms with van der Waals surface area (Å²) in [6, 6.07) is 4.52. The van der Waals surface area contributed by atoms with Gasteiger partial charge in [0.2, 0.25) is 0 Å². The van der Waals surface area contributed by atoms with Crippen molar-refractivity contribution in [3.8, 4) is 5.75 Å². The summed E-state index contributed by atoms with van der Waals surface area (Å²) in [5, 5.41) is 2.77. The average molecular weight is 362 g/mol. The number of ether oxygens (including phenoxy) is 2. The maximum Gasteiger partial charge on any atom is 0.573 e. The third kappa shape index (κ3) is 7.48. The second-order valence-corrected chi connectivity index (χ2v) is 5.61. The summed E-state index contributed by atoms with van der Waals surface area (Å²) in [6.07, 6.45) is -4.73. The van der Waals surface area contributed by atoms with E-state index in [4.69, 9.17) is 4.74 Å². The van der Waals surface area contributed by atoms with Crippen LogP contribution in [-0.2, 0) is 4.74 Å². The fourth-order valence-corrected chi connectivity index (χ4v) is 2.35. The van der Waals surface area contributed by atoms with Gasteiger partial charge in [-0.25, -0.2) is 4.79 Å². The second-order valence-electron chi connectivity index (χ2n) is 5.61. The molecule has 1 saturated heterocycles. The number of morpholine rings is 1. The van der Waals surface area contributed by atoms with Crippen LogP contribution in [-0.4, -0.2) is 56.2 Å². The van der Waals surface area contributed by atoms with E-state index < -0.39 is 12.4 Å². The van der Waals surface area contributed by atoms with Gasteiger partial charge >= 0.3 is 12.4 Å². The van der Waals surface area contributed by atoms with Crippen LogP contribution in [0.25, 0.3) is 0 Å². The Morgan fingerprint density at radius 3 is 2.52 bits per heavy atom. The minimum absolute atomic E-state index is 0.0672.